The fraction of sp³-hybridized carbons (Fsp3) is 0.733. The second-order valence-corrected chi connectivity index (χ2v) is 6.68. The Bertz CT molecular complexity index is 449. The molecular formula is C15H25ClN4. The predicted octanol–water partition coefficient (Wildman–Crippen LogP) is 2.12. The molecule has 0 spiro atoms. The highest BCUT2D eigenvalue weighted by Gasteiger charge is 2.23. The van der Waals surface area contributed by atoms with Crippen LogP contribution in [0.4, 0.5) is 0 Å². The molecule has 0 aliphatic carbocycles. The molecule has 0 radical (unpaired) electrons. The second kappa shape index (κ2) is 6.83. The Hall–Kier alpha value is -0.710. The molecule has 2 heterocycles. The maximum Gasteiger partial charge on any atom is 0.133 e. The summed E-state index contributed by atoms with van der Waals surface area (Å²) in [6.07, 6.45) is 1.82. The topological polar surface area (TPSA) is 32.3 Å². The lowest BCUT2D eigenvalue weighted by atomic mass is 10.1. The molecule has 1 saturated heterocycles. The third kappa shape index (κ3) is 4.40. The van der Waals surface area contributed by atoms with E-state index in [1.165, 1.54) is 0 Å². The smallest absolute Gasteiger partial charge is 0.133 e. The third-order valence-electron chi connectivity index (χ3n) is 3.81. The Morgan fingerprint density at radius 2 is 2.05 bits per heavy atom. The molecule has 0 aromatic carbocycles. The number of hydrogen-bond acceptors (Lipinski definition) is 4. The van der Waals surface area contributed by atoms with Gasteiger partial charge in [-0.05, 0) is 32.5 Å². The highest BCUT2D eigenvalue weighted by molar-refractivity contribution is 6.29. The van der Waals surface area contributed by atoms with Crippen LogP contribution in [0.2, 0.25) is 5.15 Å². The molecule has 1 aromatic rings. The first-order chi connectivity index (χ1) is 9.44. The summed E-state index contributed by atoms with van der Waals surface area (Å²) in [5, 5.41) is 0.567. The Kier molecular flexibility index (Phi) is 5.35. The van der Waals surface area contributed by atoms with Crippen LogP contribution < -0.4 is 0 Å². The first kappa shape index (κ1) is 15.7. The second-order valence-electron chi connectivity index (χ2n) is 6.30. The molecule has 0 amide bonds. The molecule has 4 nitrogen and oxygen atoms in total. The van der Waals surface area contributed by atoms with E-state index in [2.05, 4.69) is 47.7 Å². The van der Waals surface area contributed by atoms with Gasteiger partial charge in [-0.2, -0.15) is 0 Å². The quantitative estimate of drug-likeness (QED) is 0.797. The maximum atomic E-state index is 6.14. The number of rotatable bonds is 4. The monoisotopic (exact) mass is 296 g/mol. The van der Waals surface area contributed by atoms with Crippen LogP contribution in [0.15, 0.2) is 6.07 Å². The number of aromatic nitrogens is 2. The van der Waals surface area contributed by atoms with Crippen LogP contribution in [-0.4, -0.2) is 59.5 Å². The van der Waals surface area contributed by atoms with Crippen molar-refractivity contribution >= 4 is 11.6 Å². The Balaban J connectivity index is 2.09. The van der Waals surface area contributed by atoms with Crippen molar-refractivity contribution in [3.63, 3.8) is 0 Å². The largest absolute Gasteiger partial charge is 0.304 e. The van der Waals surface area contributed by atoms with Crippen LogP contribution >= 0.6 is 11.6 Å². The number of likely N-dealkylation sites (N-methyl/N-ethyl adjacent to an activating group) is 2. The predicted molar refractivity (Wildman–Crippen MR) is 83.2 cm³/mol. The lowest BCUT2D eigenvalue weighted by molar-refractivity contribution is 0.113. The zero-order valence-corrected chi connectivity index (χ0v) is 13.7. The van der Waals surface area contributed by atoms with Gasteiger partial charge in [0, 0.05) is 37.8 Å². The van der Waals surface area contributed by atoms with Gasteiger partial charge in [-0.3, -0.25) is 0 Å². The maximum absolute atomic E-state index is 6.14. The molecule has 1 aliphatic heterocycles. The third-order valence-corrected chi connectivity index (χ3v) is 4.00. The van der Waals surface area contributed by atoms with E-state index in [-0.39, 0.29) is 0 Å². The van der Waals surface area contributed by atoms with Gasteiger partial charge < -0.3 is 9.80 Å². The summed E-state index contributed by atoms with van der Waals surface area (Å²) < 4.78 is 0. The lowest BCUT2D eigenvalue weighted by Crippen LogP contribution is -2.51. The van der Waals surface area contributed by atoms with Crippen LogP contribution in [-0.2, 0) is 12.8 Å². The normalized spacial score (nSPS) is 21.6. The average molecular weight is 297 g/mol. The molecule has 1 fully saturated rings. The van der Waals surface area contributed by atoms with E-state index >= 15 is 0 Å². The summed E-state index contributed by atoms with van der Waals surface area (Å²) in [7, 11) is 4.35. The minimum atomic E-state index is 0.471. The molecule has 0 N–H and O–H groups in total. The van der Waals surface area contributed by atoms with Gasteiger partial charge in [-0.15, -0.1) is 0 Å². The summed E-state index contributed by atoms with van der Waals surface area (Å²) >= 11 is 6.14. The molecule has 1 aliphatic rings. The van der Waals surface area contributed by atoms with Gasteiger partial charge in [0.05, 0.1) is 0 Å². The fourth-order valence-electron chi connectivity index (χ4n) is 2.66. The van der Waals surface area contributed by atoms with E-state index in [1.54, 1.807) is 0 Å². The molecule has 0 bridgehead atoms. The van der Waals surface area contributed by atoms with E-state index in [9.17, 15) is 0 Å². The van der Waals surface area contributed by atoms with Crippen molar-refractivity contribution in [1.82, 2.24) is 19.8 Å². The van der Waals surface area contributed by atoms with Crippen molar-refractivity contribution in [3.8, 4) is 0 Å². The Morgan fingerprint density at radius 1 is 1.30 bits per heavy atom. The summed E-state index contributed by atoms with van der Waals surface area (Å²) in [4.78, 5) is 13.9. The van der Waals surface area contributed by atoms with Gasteiger partial charge in [-0.1, -0.05) is 25.4 Å². The first-order valence-corrected chi connectivity index (χ1v) is 7.73. The summed E-state index contributed by atoms with van der Waals surface area (Å²) in [6.45, 7) is 7.67. The molecule has 2 rings (SSSR count). The fourth-order valence-corrected chi connectivity index (χ4v) is 2.89. The van der Waals surface area contributed by atoms with Gasteiger partial charge in [0.15, 0.2) is 0 Å². The molecular weight excluding hydrogens is 272 g/mol. The summed E-state index contributed by atoms with van der Waals surface area (Å²) in [5.74, 6) is 1.46. The zero-order valence-electron chi connectivity index (χ0n) is 12.9. The molecule has 20 heavy (non-hydrogen) atoms. The van der Waals surface area contributed by atoms with Crippen molar-refractivity contribution in [1.29, 1.82) is 0 Å². The first-order valence-electron chi connectivity index (χ1n) is 7.35. The standard InChI is InChI=1S/C15H25ClN4/c1-11(2)7-12-8-14(16)18-15(17-12)9-13-10-19(3)5-6-20(13)4/h8,11,13H,5-7,9-10H2,1-4H3. The van der Waals surface area contributed by atoms with E-state index in [0.29, 0.717) is 17.1 Å². The minimum absolute atomic E-state index is 0.471. The van der Waals surface area contributed by atoms with Gasteiger partial charge in [0.25, 0.3) is 0 Å². The van der Waals surface area contributed by atoms with E-state index in [0.717, 1.165) is 44.0 Å². The molecule has 0 saturated carbocycles. The SMILES string of the molecule is CC(C)Cc1cc(Cl)nc(CC2CN(C)CCN2C)n1. The van der Waals surface area contributed by atoms with Crippen LogP contribution in [0.25, 0.3) is 0 Å². The average Bonchev–Trinajstić information content (AvgIpc) is 2.32. The van der Waals surface area contributed by atoms with Gasteiger partial charge in [-0.25, -0.2) is 9.97 Å². The van der Waals surface area contributed by atoms with E-state index in [4.69, 9.17) is 11.6 Å². The van der Waals surface area contributed by atoms with Gasteiger partial charge in [0.1, 0.15) is 11.0 Å². The number of hydrogen-bond donors (Lipinski definition) is 0. The van der Waals surface area contributed by atoms with Crippen molar-refractivity contribution in [2.75, 3.05) is 33.7 Å². The van der Waals surface area contributed by atoms with Crippen molar-refractivity contribution < 1.29 is 0 Å². The molecule has 1 unspecified atom stereocenters. The summed E-state index contributed by atoms with van der Waals surface area (Å²) in [6, 6.07) is 2.36. The Morgan fingerprint density at radius 3 is 2.75 bits per heavy atom. The van der Waals surface area contributed by atoms with Gasteiger partial charge in [0.2, 0.25) is 0 Å². The van der Waals surface area contributed by atoms with E-state index < -0.39 is 0 Å². The highest BCUT2D eigenvalue weighted by atomic mass is 35.5. The van der Waals surface area contributed by atoms with Crippen LogP contribution in [0, 0.1) is 5.92 Å². The Labute approximate surface area is 127 Å². The minimum Gasteiger partial charge on any atom is -0.304 e. The number of halogens is 1. The molecule has 1 atom stereocenters. The highest BCUT2D eigenvalue weighted by Crippen LogP contribution is 2.15. The van der Waals surface area contributed by atoms with Crippen molar-refractivity contribution in [3.05, 3.63) is 22.7 Å². The van der Waals surface area contributed by atoms with Crippen LogP contribution in [0.3, 0.4) is 0 Å². The number of nitrogens with zero attached hydrogens (tertiary/aromatic N) is 4. The van der Waals surface area contributed by atoms with Crippen molar-refractivity contribution in [2.24, 2.45) is 5.92 Å². The van der Waals surface area contributed by atoms with E-state index in [1.807, 2.05) is 6.07 Å². The van der Waals surface area contributed by atoms with Gasteiger partial charge >= 0.3 is 0 Å². The van der Waals surface area contributed by atoms with Crippen molar-refractivity contribution in [2.45, 2.75) is 32.7 Å². The molecule has 5 heteroatoms. The summed E-state index contributed by atoms with van der Waals surface area (Å²) in [5.41, 5.74) is 1.06. The lowest BCUT2D eigenvalue weighted by Gasteiger charge is -2.37. The van der Waals surface area contributed by atoms with Crippen LogP contribution in [0.1, 0.15) is 25.4 Å². The molecule has 1 aromatic heterocycles. The van der Waals surface area contributed by atoms with Crippen LogP contribution in [0.5, 0.6) is 0 Å². The molecule has 112 valence electrons. The zero-order chi connectivity index (χ0) is 14.7. The number of piperazine rings is 1.